The number of carbonyl (C=O) groups excluding carboxylic acids is 2. The van der Waals surface area contributed by atoms with Crippen LogP contribution in [-0.2, 0) is 0 Å². The number of carbonyl (C=O) groups is 2. The molecule has 0 bridgehead atoms. The number of piperazine rings is 1. The first-order valence-corrected chi connectivity index (χ1v) is 9.24. The molecule has 1 aliphatic rings. The van der Waals surface area contributed by atoms with E-state index in [0.717, 1.165) is 10.9 Å². The van der Waals surface area contributed by atoms with Gasteiger partial charge in [-0.25, -0.2) is 0 Å². The Labute approximate surface area is 162 Å². The summed E-state index contributed by atoms with van der Waals surface area (Å²) in [5.74, 6) is 0.189. The molecule has 5 nitrogen and oxygen atoms in total. The number of para-hydroxylation sites is 1. The van der Waals surface area contributed by atoms with Crippen LogP contribution < -0.4 is 0 Å². The highest BCUT2D eigenvalue weighted by molar-refractivity contribution is 6.30. The molecule has 1 saturated heterocycles. The molecule has 0 spiro atoms. The summed E-state index contributed by atoms with van der Waals surface area (Å²) >= 11 is 5.97. The summed E-state index contributed by atoms with van der Waals surface area (Å²) in [5, 5.41) is 1.49. The number of amides is 2. The summed E-state index contributed by atoms with van der Waals surface area (Å²) in [5.41, 5.74) is 2.14. The molecule has 0 radical (unpaired) electrons. The van der Waals surface area contributed by atoms with Crippen LogP contribution in [0.2, 0.25) is 5.02 Å². The van der Waals surface area contributed by atoms with Gasteiger partial charge < -0.3 is 14.2 Å². The van der Waals surface area contributed by atoms with Crippen molar-refractivity contribution in [2.45, 2.75) is 6.92 Å². The molecule has 1 fully saturated rings. The van der Waals surface area contributed by atoms with E-state index in [9.17, 15) is 9.59 Å². The van der Waals surface area contributed by atoms with E-state index >= 15 is 0 Å². The van der Waals surface area contributed by atoms with Crippen LogP contribution in [0.5, 0.6) is 0 Å². The fourth-order valence-corrected chi connectivity index (χ4v) is 3.63. The first-order valence-electron chi connectivity index (χ1n) is 8.87. The summed E-state index contributed by atoms with van der Waals surface area (Å²) < 4.78 is 5.78. The van der Waals surface area contributed by atoms with Crippen molar-refractivity contribution < 1.29 is 14.0 Å². The first kappa shape index (κ1) is 17.6. The van der Waals surface area contributed by atoms with Crippen LogP contribution >= 0.6 is 11.6 Å². The quantitative estimate of drug-likeness (QED) is 0.673. The number of fused-ring (bicyclic) bond motifs is 1. The third-order valence-corrected chi connectivity index (χ3v) is 5.20. The zero-order valence-corrected chi connectivity index (χ0v) is 15.7. The van der Waals surface area contributed by atoms with Crippen molar-refractivity contribution in [1.29, 1.82) is 0 Å². The normalized spacial score (nSPS) is 14.6. The van der Waals surface area contributed by atoms with Crippen LogP contribution in [0.25, 0.3) is 11.0 Å². The van der Waals surface area contributed by atoms with Gasteiger partial charge in [0.1, 0.15) is 5.58 Å². The van der Waals surface area contributed by atoms with Gasteiger partial charge in [0.15, 0.2) is 5.76 Å². The Morgan fingerprint density at radius 2 is 1.59 bits per heavy atom. The van der Waals surface area contributed by atoms with Crippen LogP contribution in [0.3, 0.4) is 0 Å². The zero-order chi connectivity index (χ0) is 19.0. The van der Waals surface area contributed by atoms with Crippen molar-refractivity contribution in [3.05, 3.63) is 70.4 Å². The summed E-state index contributed by atoms with van der Waals surface area (Å²) in [6.07, 6.45) is 0. The maximum atomic E-state index is 12.9. The molecule has 3 aromatic rings. The summed E-state index contributed by atoms with van der Waals surface area (Å²) in [7, 11) is 0. The van der Waals surface area contributed by atoms with Crippen molar-refractivity contribution in [2.24, 2.45) is 0 Å². The van der Waals surface area contributed by atoms with Gasteiger partial charge in [-0.15, -0.1) is 0 Å². The number of nitrogens with zero attached hydrogens (tertiary/aromatic N) is 2. The fourth-order valence-electron chi connectivity index (χ4n) is 3.44. The molecule has 0 aliphatic carbocycles. The Bertz CT molecular complexity index is 1020. The Hall–Kier alpha value is -2.79. The van der Waals surface area contributed by atoms with Crippen LogP contribution in [0.15, 0.2) is 52.9 Å². The van der Waals surface area contributed by atoms with Gasteiger partial charge in [-0.2, -0.15) is 0 Å². The van der Waals surface area contributed by atoms with E-state index in [1.165, 1.54) is 0 Å². The zero-order valence-electron chi connectivity index (χ0n) is 14.9. The fraction of sp³-hybridized carbons (Fsp3) is 0.238. The largest absolute Gasteiger partial charge is 0.451 e. The number of hydrogen-bond acceptors (Lipinski definition) is 3. The number of benzene rings is 2. The van der Waals surface area contributed by atoms with Crippen molar-refractivity contribution in [1.82, 2.24) is 9.80 Å². The molecule has 2 heterocycles. The average Bonchev–Trinajstić information content (AvgIpc) is 3.04. The molecule has 4 rings (SSSR count). The minimum Gasteiger partial charge on any atom is -0.451 e. The van der Waals surface area contributed by atoms with E-state index in [-0.39, 0.29) is 11.8 Å². The average molecular weight is 383 g/mol. The lowest BCUT2D eigenvalue weighted by atomic mass is 10.1. The molecular formula is C21H19ClN2O3. The van der Waals surface area contributed by atoms with Gasteiger partial charge in [0.25, 0.3) is 11.8 Å². The molecule has 0 atom stereocenters. The second-order valence-corrected chi connectivity index (χ2v) is 7.08. The SMILES string of the molecule is Cc1c(C(=O)N2CCN(C(=O)c3cccc(Cl)c3)CC2)oc2ccccc12. The Morgan fingerprint density at radius 3 is 2.26 bits per heavy atom. The predicted octanol–water partition coefficient (Wildman–Crippen LogP) is 3.99. The van der Waals surface area contributed by atoms with Gasteiger partial charge in [0.05, 0.1) is 0 Å². The smallest absolute Gasteiger partial charge is 0.290 e. The highest BCUT2D eigenvalue weighted by Gasteiger charge is 2.28. The first-order chi connectivity index (χ1) is 13.0. The predicted molar refractivity (Wildman–Crippen MR) is 104 cm³/mol. The number of aryl methyl sites for hydroxylation is 1. The van der Waals surface area contributed by atoms with Crippen molar-refractivity contribution in [3.63, 3.8) is 0 Å². The van der Waals surface area contributed by atoms with Gasteiger partial charge in [0, 0.05) is 47.7 Å². The van der Waals surface area contributed by atoms with Crippen LogP contribution in [0.4, 0.5) is 0 Å². The Balaban J connectivity index is 1.46. The van der Waals surface area contributed by atoms with Crippen LogP contribution in [0.1, 0.15) is 26.5 Å². The number of hydrogen-bond donors (Lipinski definition) is 0. The molecule has 0 N–H and O–H groups in total. The second kappa shape index (κ2) is 7.08. The highest BCUT2D eigenvalue weighted by Crippen LogP contribution is 2.26. The number of rotatable bonds is 2. The van der Waals surface area contributed by atoms with Crippen molar-refractivity contribution in [3.8, 4) is 0 Å². The molecule has 27 heavy (non-hydrogen) atoms. The topological polar surface area (TPSA) is 53.8 Å². The third-order valence-electron chi connectivity index (χ3n) is 4.96. The van der Waals surface area contributed by atoms with Crippen LogP contribution in [0, 0.1) is 6.92 Å². The third kappa shape index (κ3) is 3.30. The molecule has 6 heteroatoms. The van der Waals surface area contributed by atoms with E-state index in [1.807, 2.05) is 31.2 Å². The lowest BCUT2D eigenvalue weighted by Crippen LogP contribution is -2.50. The van der Waals surface area contributed by atoms with E-state index in [0.29, 0.717) is 48.1 Å². The van der Waals surface area contributed by atoms with Gasteiger partial charge in [-0.3, -0.25) is 9.59 Å². The van der Waals surface area contributed by atoms with Gasteiger partial charge in [-0.05, 0) is 31.2 Å². The molecule has 0 unspecified atom stereocenters. The Kier molecular flexibility index (Phi) is 4.62. The standard InChI is InChI=1S/C21H19ClN2O3/c1-14-17-7-2-3-8-18(17)27-19(14)21(26)24-11-9-23(10-12-24)20(25)15-5-4-6-16(22)13-15/h2-8,13H,9-12H2,1H3. The molecule has 2 amide bonds. The lowest BCUT2D eigenvalue weighted by Gasteiger charge is -2.34. The summed E-state index contributed by atoms with van der Waals surface area (Å²) in [6, 6.07) is 14.6. The molecular weight excluding hydrogens is 364 g/mol. The summed E-state index contributed by atoms with van der Waals surface area (Å²) in [4.78, 5) is 29.0. The van der Waals surface area contributed by atoms with E-state index in [2.05, 4.69) is 0 Å². The number of halogens is 1. The Morgan fingerprint density at radius 1 is 0.926 bits per heavy atom. The molecule has 1 aromatic heterocycles. The van der Waals surface area contributed by atoms with E-state index in [1.54, 1.807) is 34.1 Å². The second-order valence-electron chi connectivity index (χ2n) is 6.65. The van der Waals surface area contributed by atoms with Gasteiger partial charge in [0.2, 0.25) is 0 Å². The lowest BCUT2D eigenvalue weighted by molar-refractivity contribution is 0.0519. The van der Waals surface area contributed by atoms with Crippen molar-refractivity contribution in [2.75, 3.05) is 26.2 Å². The molecule has 0 saturated carbocycles. The molecule has 2 aromatic carbocycles. The van der Waals surface area contributed by atoms with Gasteiger partial charge in [-0.1, -0.05) is 35.9 Å². The minimum atomic E-state index is -0.126. The number of furan rings is 1. The highest BCUT2D eigenvalue weighted by atomic mass is 35.5. The molecule has 1 aliphatic heterocycles. The van der Waals surface area contributed by atoms with E-state index in [4.69, 9.17) is 16.0 Å². The molecule has 138 valence electrons. The van der Waals surface area contributed by atoms with Crippen LogP contribution in [-0.4, -0.2) is 47.8 Å². The van der Waals surface area contributed by atoms with Gasteiger partial charge >= 0.3 is 0 Å². The van der Waals surface area contributed by atoms with E-state index < -0.39 is 0 Å². The van der Waals surface area contributed by atoms with Crippen molar-refractivity contribution >= 4 is 34.4 Å². The summed E-state index contributed by atoms with van der Waals surface area (Å²) in [6.45, 7) is 3.81. The monoisotopic (exact) mass is 382 g/mol. The maximum Gasteiger partial charge on any atom is 0.290 e. The maximum absolute atomic E-state index is 12.9. The minimum absolute atomic E-state index is 0.0653.